The third-order valence-corrected chi connectivity index (χ3v) is 8.36. The van der Waals surface area contributed by atoms with Gasteiger partial charge in [-0.1, -0.05) is 36.4 Å². The molecule has 0 saturated carbocycles. The second-order valence-electron chi connectivity index (χ2n) is 13.4. The molecule has 1 fully saturated rings. The Morgan fingerprint density at radius 2 is 1.78 bits per heavy atom. The van der Waals surface area contributed by atoms with E-state index in [1.807, 2.05) is 41.8 Å². The van der Waals surface area contributed by atoms with Gasteiger partial charge in [0.25, 0.3) is 0 Å². The van der Waals surface area contributed by atoms with Gasteiger partial charge in [-0.05, 0) is 45.4 Å². The lowest BCUT2D eigenvalue weighted by molar-refractivity contribution is -0.145. The maximum Gasteiger partial charge on any atom is 0.410 e. The van der Waals surface area contributed by atoms with Gasteiger partial charge in [0.05, 0.1) is 49.6 Å². The number of carbonyl (C=O) groups is 3. The molecule has 1 saturated heterocycles. The number of esters is 1. The molecular formula is C37H44FN5O8. The average Bonchev–Trinajstić information content (AvgIpc) is 3.65. The van der Waals surface area contributed by atoms with Gasteiger partial charge in [0.1, 0.15) is 36.0 Å². The number of likely N-dealkylation sites (N-methyl/N-ethyl adjacent to an activating group) is 1. The Balaban J connectivity index is 1.36. The standard InChI is InChI=1S/C37H44FN5O8/c1-23-39-30-17-25(38)16-28(33(30)42(23)21-27(47-6)19-41(5)35(45)51-37(2,3)4)29-14-11-15-32(40-29)50-26-18-31(34(44)48-7)43(20-26)36(46)49-22-24-12-9-8-10-13-24/h8-17,26-27,31H,18-22H2,1-7H3/t26-,27?,31-/m0/s1. The van der Waals surface area contributed by atoms with E-state index in [-0.39, 0.29) is 32.0 Å². The summed E-state index contributed by atoms with van der Waals surface area (Å²) in [5, 5.41) is 0. The fraction of sp³-hybridized carbons (Fsp3) is 0.432. The highest BCUT2D eigenvalue weighted by Crippen LogP contribution is 2.32. The minimum Gasteiger partial charge on any atom is -0.472 e. The Labute approximate surface area is 296 Å². The van der Waals surface area contributed by atoms with Crippen LogP contribution in [0.3, 0.4) is 0 Å². The summed E-state index contributed by atoms with van der Waals surface area (Å²) < 4.78 is 44.9. The van der Waals surface area contributed by atoms with Gasteiger partial charge in [-0.2, -0.15) is 0 Å². The number of fused-ring (bicyclic) bond motifs is 1. The molecule has 0 spiro atoms. The quantitative estimate of drug-likeness (QED) is 0.140. The van der Waals surface area contributed by atoms with Crippen molar-refractivity contribution in [3.05, 3.63) is 77.9 Å². The number of amides is 2. The predicted octanol–water partition coefficient (Wildman–Crippen LogP) is 5.76. The molecule has 0 radical (unpaired) electrons. The number of pyridine rings is 1. The fourth-order valence-corrected chi connectivity index (χ4v) is 5.95. The molecule has 2 amide bonds. The van der Waals surface area contributed by atoms with E-state index in [1.165, 1.54) is 29.0 Å². The number of likely N-dealkylation sites (tertiary alicyclic amines) is 1. The topological polar surface area (TPSA) is 135 Å². The van der Waals surface area contributed by atoms with Crippen molar-refractivity contribution in [3.63, 3.8) is 0 Å². The lowest BCUT2D eigenvalue weighted by Gasteiger charge is -2.27. The van der Waals surface area contributed by atoms with E-state index in [9.17, 15) is 14.4 Å². The number of carbonyl (C=O) groups excluding carboxylic acids is 3. The van der Waals surface area contributed by atoms with Gasteiger partial charge in [-0.25, -0.2) is 28.7 Å². The summed E-state index contributed by atoms with van der Waals surface area (Å²) >= 11 is 0. The number of aryl methyl sites for hydroxylation is 1. The average molecular weight is 706 g/mol. The van der Waals surface area contributed by atoms with Gasteiger partial charge < -0.3 is 33.2 Å². The van der Waals surface area contributed by atoms with E-state index in [0.717, 1.165) is 5.56 Å². The maximum atomic E-state index is 15.0. The molecule has 5 rings (SSSR count). The SMILES string of the molecule is COC(=O)[C@@H]1C[C@H](Oc2cccc(-c3cc(F)cc4nc(C)n(CC(CN(C)C(=O)OC(C)(C)C)OC)c34)n2)CN1C(=O)OCc1ccccc1. The number of ether oxygens (including phenoxy) is 5. The molecule has 3 atom stereocenters. The van der Waals surface area contributed by atoms with E-state index in [1.54, 1.807) is 53.1 Å². The van der Waals surface area contributed by atoms with Crippen molar-refractivity contribution in [2.24, 2.45) is 0 Å². The number of methoxy groups -OCH3 is 2. The predicted molar refractivity (Wildman–Crippen MR) is 185 cm³/mol. The van der Waals surface area contributed by atoms with E-state index >= 15 is 4.39 Å². The monoisotopic (exact) mass is 705 g/mol. The molecule has 1 unspecified atom stereocenters. The number of imidazole rings is 1. The smallest absolute Gasteiger partial charge is 0.410 e. The summed E-state index contributed by atoms with van der Waals surface area (Å²) in [4.78, 5) is 50.4. The van der Waals surface area contributed by atoms with Crippen LogP contribution in [0, 0.1) is 12.7 Å². The van der Waals surface area contributed by atoms with Gasteiger partial charge in [0, 0.05) is 38.3 Å². The first-order valence-electron chi connectivity index (χ1n) is 16.6. The molecule has 13 nitrogen and oxygen atoms in total. The van der Waals surface area contributed by atoms with Crippen molar-refractivity contribution in [3.8, 4) is 17.1 Å². The van der Waals surface area contributed by atoms with E-state index in [4.69, 9.17) is 28.7 Å². The van der Waals surface area contributed by atoms with Crippen molar-refractivity contribution in [1.29, 1.82) is 0 Å². The minimum absolute atomic E-state index is 0.0446. The van der Waals surface area contributed by atoms with Crippen LogP contribution in [0.25, 0.3) is 22.3 Å². The summed E-state index contributed by atoms with van der Waals surface area (Å²) in [5.41, 5.74) is 2.09. The van der Waals surface area contributed by atoms with Gasteiger partial charge in [0.15, 0.2) is 0 Å². The molecule has 2 aromatic carbocycles. The molecule has 0 aliphatic carbocycles. The zero-order chi connectivity index (χ0) is 36.9. The first-order chi connectivity index (χ1) is 24.3. The van der Waals surface area contributed by atoms with Gasteiger partial charge >= 0.3 is 18.2 Å². The molecule has 14 heteroatoms. The van der Waals surface area contributed by atoms with Crippen LogP contribution in [-0.2, 0) is 36.9 Å². The van der Waals surface area contributed by atoms with Crippen LogP contribution in [-0.4, -0.2) is 101 Å². The maximum absolute atomic E-state index is 15.0. The van der Waals surface area contributed by atoms with Crippen LogP contribution in [0.1, 0.15) is 38.6 Å². The highest BCUT2D eigenvalue weighted by atomic mass is 19.1. The van der Waals surface area contributed by atoms with Gasteiger partial charge in [0.2, 0.25) is 5.88 Å². The van der Waals surface area contributed by atoms with Crippen LogP contribution in [0.2, 0.25) is 0 Å². The largest absolute Gasteiger partial charge is 0.472 e. The van der Waals surface area contributed by atoms with Crippen LogP contribution in [0.5, 0.6) is 5.88 Å². The van der Waals surface area contributed by atoms with Gasteiger partial charge in [-0.15, -0.1) is 0 Å². The third kappa shape index (κ3) is 9.11. The number of hydrogen-bond donors (Lipinski definition) is 0. The zero-order valence-corrected chi connectivity index (χ0v) is 29.9. The molecule has 272 valence electrons. The summed E-state index contributed by atoms with van der Waals surface area (Å²) in [6.07, 6.45) is -2.05. The summed E-state index contributed by atoms with van der Waals surface area (Å²) in [6.45, 7) is 7.85. The number of halogens is 1. The van der Waals surface area contributed by atoms with Crippen molar-refractivity contribution in [1.82, 2.24) is 24.3 Å². The molecular weight excluding hydrogens is 661 g/mol. The zero-order valence-electron chi connectivity index (χ0n) is 29.9. The minimum atomic E-state index is -0.908. The molecule has 51 heavy (non-hydrogen) atoms. The lowest BCUT2D eigenvalue weighted by Crippen LogP contribution is -2.41. The molecule has 2 aromatic heterocycles. The van der Waals surface area contributed by atoms with Crippen LogP contribution in [0.4, 0.5) is 14.0 Å². The van der Waals surface area contributed by atoms with E-state index < -0.39 is 47.8 Å². The Morgan fingerprint density at radius 1 is 1.04 bits per heavy atom. The van der Waals surface area contributed by atoms with Crippen molar-refractivity contribution < 1.29 is 42.5 Å². The van der Waals surface area contributed by atoms with Crippen LogP contribution in [0.15, 0.2) is 60.7 Å². The number of hydrogen-bond acceptors (Lipinski definition) is 10. The fourth-order valence-electron chi connectivity index (χ4n) is 5.95. The van der Waals surface area contributed by atoms with Crippen molar-refractivity contribution >= 4 is 29.2 Å². The summed E-state index contributed by atoms with van der Waals surface area (Å²) in [5.74, 6) is -0.249. The molecule has 0 bridgehead atoms. The highest BCUT2D eigenvalue weighted by Gasteiger charge is 2.42. The Hall–Kier alpha value is -5.24. The number of aromatic nitrogens is 3. The van der Waals surface area contributed by atoms with Crippen molar-refractivity contribution in [2.45, 2.75) is 71.1 Å². The molecule has 1 aliphatic heterocycles. The van der Waals surface area contributed by atoms with E-state index in [0.29, 0.717) is 34.7 Å². The van der Waals surface area contributed by atoms with Crippen LogP contribution < -0.4 is 4.74 Å². The summed E-state index contributed by atoms with van der Waals surface area (Å²) in [7, 11) is 4.46. The second-order valence-corrected chi connectivity index (χ2v) is 13.4. The lowest BCUT2D eigenvalue weighted by atomic mass is 10.1. The van der Waals surface area contributed by atoms with E-state index in [2.05, 4.69) is 4.98 Å². The molecule has 1 aliphatic rings. The third-order valence-electron chi connectivity index (χ3n) is 8.36. The first-order valence-corrected chi connectivity index (χ1v) is 16.6. The number of rotatable bonds is 11. The van der Waals surface area contributed by atoms with Crippen molar-refractivity contribution in [2.75, 3.05) is 34.4 Å². The van der Waals surface area contributed by atoms with Crippen LogP contribution >= 0.6 is 0 Å². The Kier molecular flexibility index (Phi) is 11.4. The second kappa shape index (κ2) is 15.8. The molecule has 4 aromatic rings. The summed E-state index contributed by atoms with van der Waals surface area (Å²) in [6, 6.07) is 16.2. The van der Waals surface area contributed by atoms with Gasteiger partial charge in [-0.3, -0.25) is 4.90 Å². The first kappa shape index (κ1) is 37.0. The number of benzene rings is 2. The normalized spacial score (nSPS) is 16.5. The molecule has 3 heterocycles. The number of nitrogens with zero attached hydrogens (tertiary/aromatic N) is 5. The highest BCUT2D eigenvalue weighted by molar-refractivity contribution is 5.92. The molecule has 0 N–H and O–H groups in total. The Bertz CT molecular complexity index is 1860. The Morgan fingerprint density at radius 3 is 2.47 bits per heavy atom.